The minimum absolute atomic E-state index is 0.0418. The zero-order chi connectivity index (χ0) is 21.3. The van der Waals surface area contributed by atoms with E-state index in [0.717, 1.165) is 40.8 Å². The SMILES string of the molecule is Cc1nn(-c2ccccc2)c2c1c(C)c(CCC(=O)NC1CCCCC1)c(=O)n2C. The van der Waals surface area contributed by atoms with Gasteiger partial charge in [-0.1, -0.05) is 37.5 Å². The summed E-state index contributed by atoms with van der Waals surface area (Å²) >= 11 is 0. The number of rotatable bonds is 5. The number of benzene rings is 1. The van der Waals surface area contributed by atoms with Gasteiger partial charge in [0.2, 0.25) is 5.91 Å². The fourth-order valence-electron chi connectivity index (χ4n) is 4.70. The third kappa shape index (κ3) is 3.78. The molecule has 1 fully saturated rings. The van der Waals surface area contributed by atoms with E-state index in [0.29, 0.717) is 24.4 Å². The van der Waals surface area contributed by atoms with Crippen molar-refractivity contribution in [3.63, 3.8) is 0 Å². The second-order valence-electron chi connectivity index (χ2n) is 8.40. The second-order valence-corrected chi connectivity index (χ2v) is 8.40. The number of pyridine rings is 1. The maximum atomic E-state index is 13.2. The van der Waals surface area contributed by atoms with E-state index in [1.165, 1.54) is 19.3 Å². The van der Waals surface area contributed by atoms with Gasteiger partial charge in [-0.25, -0.2) is 4.68 Å². The topological polar surface area (TPSA) is 68.9 Å². The summed E-state index contributed by atoms with van der Waals surface area (Å²) < 4.78 is 3.50. The molecule has 1 N–H and O–H groups in total. The Hall–Kier alpha value is -2.89. The third-order valence-electron chi connectivity index (χ3n) is 6.32. The first-order valence-electron chi connectivity index (χ1n) is 10.9. The minimum atomic E-state index is -0.0532. The molecule has 0 atom stereocenters. The number of aryl methyl sites for hydroxylation is 3. The summed E-state index contributed by atoms with van der Waals surface area (Å²) in [5.74, 6) is 0.0418. The van der Waals surface area contributed by atoms with Gasteiger partial charge in [0.15, 0.2) is 0 Å². The van der Waals surface area contributed by atoms with Crippen molar-refractivity contribution in [2.75, 3.05) is 0 Å². The number of para-hydroxylation sites is 1. The van der Waals surface area contributed by atoms with Crippen LogP contribution in [0.1, 0.15) is 55.3 Å². The molecule has 158 valence electrons. The molecule has 2 aromatic heterocycles. The van der Waals surface area contributed by atoms with Gasteiger partial charge in [0, 0.05) is 30.5 Å². The van der Waals surface area contributed by atoms with E-state index >= 15 is 0 Å². The van der Waals surface area contributed by atoms with Crippen molar-refractivity contribution >= 4 is 16.9 Å². The van der Waals surface area contributed by atoms with Gasteiger partial charge >= 0.3 is 0 Å². The number of hydrogen-bond donors (Lipinski definition) is 1. The summed E-state index contributed by atoms with van der Waals surface area (Å²) in [5.41, 5.74) is 4.18. The van der Waals surface area contributed by atoms with Crippen LogP contribution in [0.3, 0.4) is 0 Å². The predicted octanol–water partition coefficient (Wildman–Crippen LogP) is 3.72. The van der Waals surface area contributed by atoms with Crippen molar-refractivity contribution < 1.29 is 4.79 Å². The number of nitrogens with one attached hydrogen (secondary N) is 1. The van der Waals surface area contributed by atoms with Crippen molar-refractivity contribution in [3.8, 4) is 5.69 Å². The van der Waals surface area contributed by atoms with Crippen LogP contribution in [-0.4, -0.2) is 26.3 Å². The third-order valence-corrected chi connectivity index (χ3v) is 6.32. The van der Waals surface area contributed by atoms with Crippen LogP contribution < -0.4 is 10.9 Å². The van der Waals surface area contributed by atoms with Gasteiger partial charge in [0.05, 0.1) is 11.4 Å². The summed E-state index contributed by atoms with van der Waals surface area (Å²) in [5, 5.41) is 8.86. The summed E-state index contributed by atoms with van der Waals surface area (Å²) in [4.78, 5) is 25.7. The van der Waals surface area contributed by atoms with E-state index in [1.54, 1.807) is 11.6 Å². The molecule has 0 spiro atoms. The Bertz CT molecular complexity index is 1120. The van der Waals surface area contributed by atoms with Crippen molar-refractivity contribution in [2.45, 2.75) is 64.8 Å². The van der Waals surface area contributed by atoms with Crippen LogP contribution in [0.25, 0.3) is 16.7 Å². The number of fused-ring (bicyclic) bond motifs is 1. The lowest BCUT2D eigenvalue weighted by atomic mass is 9.95. The molecule has 1 aliphatic rings. The van der Waals surface area contributed by atoms with Gasteiger partial charge in [-0.05, 0) is 50.8 Å². The van der Waals surface area contributed by atoms with E-state index < -0.39 is 0 Å². The van der Waals surface area contributed by atoms with Crippen LogP contribution in [0.15, 0.2) is 35.1 Å². The Labute approximate surface area is 176 Å². The molecule has 1 saturated carbocycles. The lowest BCUT2D eigenvalue weighted by molar-refractivity contribution is -0.121. The van der Waals surface area contributed by atoms with E-state index in [9.17, 15) is 9.59 Å². The molecule has 0 unspecified atom stereocenters. The molecule has 4 rings (SSSR count). The molecule has 30 heavy (non-hydrogen) atoms. The van der Waals surface area contributed by atoms with Gasteiger partial charge in [0.1, 0.15) is 5.65 Å². The number of carbonyl (C=O) groups is 1. The van der Waals surface area contributed by atoms with Crippen molar-refractivity contribution in [1.29, 1.82) is 0 Å². The molecule has 1 aliphatic carbocycles. The highest BCUT2D eigenvalue weighted by atomic mass is 16.1. The Morgan fingerprint density at radius 2 is 1.83 bits per heavy atom. The standard InChI is InChI=1S/C24H30N4O2/c1-16-20(14-15-21(29)25-18-10-6-4-7-11-18)24(30)27(3)23-22(16)17(2)26-28(23)19-12-8-5-9-13-19/h5,8-9,12-13,18H,4,6-7,10-11,14-15H2,1-3H3,(H,25,29). The zero-order valence-corrected chi connectivity index (χ0v) is 18.1. The Kier molecular flexibility index (Phi) is 5.75. The minimum Gasteiger partial charge on any atom is -0.353 e. The van der Waals surface area contributed by atoms with Crippen LogP contribution in [0.2, 0.25) is 0 Å². The number of carbonyl (C=O) groups excluding carboxylic acids is 1. The van der Waals surface area contributed by atoms with Gasteiger partial charge in [0.25, 0.3) is 5.56 Å². The van der Waals surface area contributed by atoms with Gasteiger partial charge in [-0.3, -0.25) is 14.2 Å². The number of hydrogen-bond acceptors (Lipinski definition) is 3. The molecule has 0 radical (unpaired) electrons. The summed E-state index contributed by atoms with van der Waals surface area (Å²) in [6.07, 6.45) is 6.55. The van der Waals surface area contributed by atoms with E-state index in [4.69, 9.17) is 5.10 Å². The van der Waals surface area contributed by atoms with Crippen LogP contribution in [0.5, 0.6) is 0 Å². The average Bonchev–Trinajstić information content (AvgIpc) is 3.11. The van der Waals surface area contributed by atoms with Gasteiger partial charge < -0.3 is 5.32 Å². The molecule has 1 aromatic carbocycles. The highest BCUT2D eigenvalue weighted by molar-refractivity contribution is 5.85. The van der Waals surface area contributed by atoms with Crippen molar-refractivity contribution in [1.82, 2.24) is 19.7 Å². The van der Waals surface area contributed by atoms with E-state index in [-0.39, 0.29) is 11.5 Å². The molecule has 3 aromatic rings. The lowest BCUT2D eigenvalue weighted by Crippen LogP contribution is -2.36. The Morgan fingerprint density at radius 3 is 2.53 bits per heavy atom. The first kappa shape index (κ1) is 20.4. The molecule has 0 saturated heterocycles. The van der Waals surface area contributed by atoms with Crippen LogP contribution in [-0.2, 0) is 18.3 Å². The van der Waals surface area contributed by atoms with Crippen molar-refractivity contribution in [3.05, 3.63) is 57.5 Å². The fraction of sp³-hybridized carbons (Fsp3) is 0.458. The molecule has 2 heterocycles. The zero-order valence-electron chi connectivity index (χ0n) is 18.1. The Morgan fingerprint density at radius 1 is 1.13 bits per heavy atom. The molecular weight excluding hydrogens is 376 g/mol. The number of amides is 1. The summed E-state index contributed by atoms with van der Waals surface area (Å²) in [6.45, 7) is 3.95. The van der Waals surface area contributed by atoms with Gasteiger partial charge in [-0.2, -0.15) is 5.10 Å². The monoisotopic (exact) mass is 406 g/mol. The average molecular weight is 407 g/mol. The Balaban J connectivity index is 1.64. The largest absolute Gasteiger partial charge is 0.353 e. The lowest BCUT2D eigenvalue weighted by Gasteiger charge is -2.22. The summed E-state index contributed by atoms with van der Waals surface area (Å²) in [6, 6.07) is 10.1. The number of aromatic nitrogens is 3. The number of nitrogens with zero attached hydrogens (tertiary/aromatic N) is 3. The normalized spacial score (nSPS) is 14.9. The molecule has 1 amide bonds. The highest BCUT2D eigenvalue weighted by Crippen LogP contribution is 2.26. The van der Waals surface area contributed by atoms with Crippen LogP contribution >= 0.6 is 0 Å². The second kappa shape index (κ2) is 8.46. The summed E-state index contributed by atoms with van der Waals surface area (Å²) in [7, 11) is 1.79. The molecule has 0 bridgehead atoms. The van der Waals surface area contributed by atoms with Gasteiger partial charge in [-0.15, -0.1) is 0 Å². The molecular formula is C24H30N4O2. The predicted molar refractivity (Wildman–Crippen MR) is 119 cm³/mol. The first-order valence-corrected chi connectivity index (χ1v) is 10.9. The molecule has 0 aliphatic heterocycles. The smallest absolute Gasteiger partial charge is 0.255 e. The molecule has 6 nitrogen and oxygen atoms in total. The fourth-order valence-corrected chi connectivity index (χ4v) is 4.70. The van der Waals surface area contributed by atoms with E-state index in [1.807, 2.05) is 48.9 Å². The quantitative estimate of drug-likeness (QED) is 0.702. The maximum absolute atomic E-state index is 13.2. The highest BCUT2D eigenvalue weighted by Gasteiger charge is 2.21. The first-order chi connectivity index (χ1) is 14.5. The van der Waals surface area contributed by atoms with Crippen molar-refractivity contribution in [2.24, 2.45) is 7.05 Å². The van der Waals surface area contributed by atoms with Crippen LogP contribution in [0.4, 0.5) is 0 Å². The van der Waals surface area contributed by atoms with Crippen LogP contribution in [0, 0.1) is 13.8 Å². The molecule has 6 heteroatoms. The van der Waals surface area contributed by atoms with E-state index in [2.05, 4.69) is 5.32 Å². The maximum Gasteiger partial charge on any atom is 0.255 e.